The van der Waals surface area contributed by atoms with Gasteiger partial charge in [-0.3, -0.25) is 0 Å². The summed E-state index contributed by atoms with van der Waals surface area (Å²) in [4.78, 5) is 28.0. The lowest BCUT2D eigenvalue weighted by Gasteiger charge is -2.21. The minimum absolute atomic E-state index is 0.296. The SMILES string of the molecule is CCCC=Nc1nc(N(CC)CC)ncc1N(C)CC=O. The lowest BCUT2D eigenvalue weighted by Crippen LogP contribution is -2.25. The second kappa shape index (κ2) is 9.05. The van der Waals surface area contributed by atoms with Crippen molar-refractivity contribution in [1.29, 1.82) is 0 Å². The quantitative estimate of drug-likeness (QED) is 0.516. The Hall–Kier alpha value is -1.98. The molecule has 0 aliphatic heterocycles. The van der Waals surface area contributed by atoms with Gasteiger partial charge >= 0.3 is 0 Å². The zero-order valence-electron chi connectivity index (χ0n) is 13.4. The molecular formula is C15H25N5O. The summed E-state index contributed by atoms with van der Waals surface area (Å²) in [6.45, 7) is 8.23. The Morgan fingerprint density at radius 1 is 1.29 bits per heavy atom. The summed E-state index contributed by atoms with van der Waals surface area (Å²) in [5.41, 5.74) is 0.769. The molecule has 0 saturated heterocycles. The number of hydrogen-bond acceptors (Lipinski definition) is 6. The lowest BCUT2D eigenvalue weighted by atomic mass is 10.3. The number of hydrogen-bond donors (Lipinski definition) is 0. The predicted octanol–water partition coefficient (Wildman–Crippen LogP) is 2.46. The van der Waals surface area contributed by atoms with Crippen molar-refractivity contribution in [2.75, 3.05) is 36.5 Å². The molecule has 0 unspecified atom stereocenters. The first-order valence-corrected chi connectivity index (χ1v) is 7.47. The zero-order valence-corrected chi connectivity index (χ0v) is 13.4. The van der Waals surface area contributed by atoms with Crippen LogP contribution < -0.4 is 9.80 Å². The lowest BCUT2D eigenvalue weighted by molar-refractivity contribution is -0.106. The third kappa shape index (κ3) is 4.81. The van der Waals surface area contributed by atoms with Crippen molar-refractivity contribution in [2.24, 2.45) is 4.99 Å². The molecule has 6 heteroatoms. The molecule has 1 aromatic heterocycles. The summed E-state index contributed by atoms with van der Waals surface area (Å²) in [5.74, 6) is 1.29. The molecule has 21 heavy (non-hydrogen) atoms. The van der Waals surface area contributed by atoms with Gasteiger partial charge in [-0.05, 0) is 20.3 Å². The van der Waals surface area contributed by atoms with Gasteiger partial charge in [0.15, 0.2) is 5.82 Å². The van der Waals surface area contributed by atoms with Gasteiger partial charge in [-0.2, -0.15) is 4.98 Å². The number of rotatable bonds is 9. The number of unbranched alkanes of at least 4 members (excludes halogenated alkanes) is 1. The average Bonchev–Trinajstić information content (AvgIpc) is 2.49. The molecule has 0 atom stereocenters. The largest absolute Gasteiger partial charge is 0.363 e. The Balaban J connectivity index is 3.15. The molecule has 6 nitrogen and oxygen atoms in total. The Morgan fingerprint density at radius 2 is 2.00 bits per heavy atom. The van der Waals surface area contributed by atoms with E-state index in [0.717, 1.165) is 37.9 Å². The summed E-state index contributed by atoms with van der Waals surface area (Å²) in [6.07, 6.45) is 6.41. The first kappa shape index (κ1) is 17.1. The maximum atomic E-state index is 10.7. The first-order chi connectivity index (χ1) is 10.2. The van der Waals surface area contributed by atoms with Crippen molar-refractivity contribution >= 4 is 30.0 Å². The van der Waals surface area contributed by atoms with E-state index in [-0.39, 0.29) is 0 Å². The van der Waals surface area contributed by atoms with Crippen LogP contribution in [0.5, 0.6) is 0 Å². The van der Waals surface area contributed by atoms with Crippen LogP contribution in [0.15, 0.2) is 11.2 Å². The van der Waals surface area contributed by atoms with Gasteiger partial charge in [-0.15, -0.1) is 0 Å². The molecule has 0 fully saturated rings. The molecule has 116 valence electrons. The van der Waals surface area contributed by atoms with E-state index in [1.54, 1.807) is 11.1 Å². The van der Waals surface area contributed by atoms with Gasteiger partial charge in [-0.25, -0.2) is 9.98 Å². The summed E-state index contributed by atoms with van der Waals surface area (Å²) >= 11 is 0. The van der Waals surface area contributed by atoms with Crippen LogP contribution in [0.1, 0.15) is 33.6 Å². The number of likely N-dealkylation sites (N-methyl/N-ethyl adjacent to an activating group) is 1. The molecule has 0 N–H and O–H groups in total. The zero-order chi connectivity index (χ0) is 15.7. The number of anilines is 2. The van der Waals surface area contributed by atoms with Crippen LogP contribution in [-0.2, 0) is 4.79 Å². The fourth-order valence-corrected chi connectivity index (χ4v) is 1.87. The Labute approximate surface area is 126 Å². The molecule has 0 spiro atoms. The molecule has 0 aliphatic carbocycles. The van der Waals surface area contributed by atoms with Gasteiger partial charge in [0.2, 0.25) is 5.95 Å². The number of nitrogens with zero attached hydrogens (tertiary/aromatic N) is 5. The highest BCUT2D eigenvalue weighted by Gasteiger charge is 2.13. The smallest absolute Gasteiger partial charge is 0.227 e. The summed E-state index contributed by atoms with van der Waals surface area (Å²) in [6, 6.07) is 0. The van der Waals surface area contributed by atoms with Crippen LogP contribution in [-0.4, -0.2) is 49.2 Å². The number of aliphatic imine (C=N–C) groups is 1. The van der Waals surface area contributed by atoms with E-state index in [1.807, 2.05) is 13.3 Å². The van der Waals surface area contributed by atoms with E-state index in [1.165, 1.54) is 0 Å². The fraction of sp³-hybridized carbons (Fsp3) is 0.600. The molecule has 0 saturated carbocycles. The Kier molecular flexibility index (Phi) is 7.36. The van der Waals surface area contributed by atoms with Crippen LogP contribution in [0, 0.1) is 0 Å². The van der Waals surface area contributed by atoms with Crippen LogP contribution in [0.25, 0.3) is 0 Å². The van der Waals surface area contributed by atoms with Crippen LogP contribution in [0.4, 0.5) is 17.5 Å². The number of carbonyl (C=O) groups excluding carboxylic acids is 1. The summed E-state index contributed by atoms with van der Waals surface area (Å²) < 4.78 is 0. The maximum Gasteiger partial charge on any atom is 0.227 e. The van der Waals surface area contributed by atoms with E-state index in [2.05, 4.69) is 40.6 Å². The number of aldehydes is 1. The number of aromatic nitrogens is 2. The monoisotopic (exact) mass is 291 g/mol. The van der Waals surface area contributed by atoms with Gasteiger partial charge in [-0.1, -0.05) is 13.3 Å². The minimum atomic E-state index is 0.296. The second-order valence-electron chi connectivity index (χ2n) is 4.70. The van der Waals surface area contributed by atoms with Crippen molar-refractivity contribution in [3.05, 3.63) is 6.20 Å². The van der Waals surface area contributed by atoms with Crippen LogP contribution >= 0.6 is 0 Å². The molecule has 1 aromatic rings. The van der Waals surface area contributed by atoms with E-state index in [4.69, 9.17) is 0 Å². The summed E-state index contributed by atoms with van der Waals surface area (Å²) in [7, 11) is 1.84. The van der Waals surface area contributed by atoms with Gasteiger partial charge in [0.1, 0.15) is 12.0 Å². The van der Waals surface area contributed by atoms with Gasteiger partial charge < -0.3 is 14.6 Å². The average molecular weight is 291 g/mol. The molecule has 0 radical (unpaired) electrons. The second-order valence-corrected chi connectivity index (χ2v) is 4.70. The Bertz CT molecular complexity index is 471. The third-order valence-corrected chi connectivity index (χ3v) is 3.17. The highest BCUT2D eigenvalue weighted by molar-refractivity contribution is 5.72. The highest BCUT2D eigenvalue weighted by atomic mass is 16.1. The predicted molar refractivity (Wildman–Crippen MR) is 88.0 cm³/mol. The van der Waals surface area contributed by atoms with E-state index in [9.17, 15) is 4.79 Å². The molecule has 0 aromatic carbocycles. The molecule has 0 amide bonds. The first-order valence-electron chi connectivity index (χ1n) is 7.47. The van der Waals surface area contributed by atoms with E-state index >= 15 is 0 Å². The summed E-state index contributed by atoms with van der Waals surface area (Å²) in [5, 5.41) is 0. The van der Waals surface area contributed by atoms with Crippen molar-refractivity contribution in [2.45, 2.75) is 33.6 Å². The number of carbonyl (C=O) groups is 1. The molecule has 1 rings (SSSR count). The van der Waals surface area contributed by atoms with Gasteiger partial charge in [0.25, 0.3) is 0 Å². The molecule has 0 aliphatic rings. The standard InChI is InChI=1S/C15H25N5O/c1-5-8-9-16-14-13(19(4)10-11-21)12-17-15(18-14)20(6-2)7-3/h9,11-12H,5-8,10H2,1-4H3. The maximum absolute atomic E-state index is 10.7. The molecular weight excluding hydrogens is 266 g/mol. The van der Waals surface area contributed by atoms with Crippen molar-refractivity contribution in [1.82, 2.24) is 9.97 Å². The minimum Gasteiger partial charge on any atom is -0.363 e. The van der Waals surface area contributed by atoms with Crippen molar-refractivity contribution < 1.29 is 4.79 Å². The van der Waals surface area contributed by atoms with Gasteiger partial charge in [0.05, 0.1) is 12.7 Å². The van der Waals surface area contributed by atoms with E-state index in [0.29, 0.717) is 18.3 Å². The van der Waals surface area contributed by atoms with Crippen LogP contribution in [0.2, 0.25) is 0 Å². The van der Waals surface area contributed by atoms with E-state index < -0.39 is 0 Å². The van der Waals surface area contributed by atoms with Crippen molar-refractivity contribution in [3.63, 3.8) is 0 Å². The molecule has 0 bridgehead atoms. The van der Waals surface area contributed by atoms with Crippen LogP contribution in [0.3, 0.4) is 0 Å². The normalized spacial score (nSPS) is 10.9. The van der Waals surface area contributed by atoms with Gasteiger partial charge in [0, 0.05) is 26.4 Å². The third-order valence-electron chi connectivity index (χ3n) is 3.17. The fourth-order valence-electron chi connectivity index (χ4n) is 1.87. The molecule has 1 heterocycles. The Morgan fingerprint density at radius 3 is 2.57 bits per heavy atom. The van der Waals surface area contributed by atoms with Crippen molar-refractivity contribution in [3.8, 4) is 0 Å². The topological polar surface area (TPSA) is 61.7 Å². The highest BCUT2D eigenvalue weighted by Crippen LogP contribution is 2.26.